The SMILES string of the molecule is N#Cc1cc(S(=O)(=O)C[C@@H]2CCN(Cc3ccc(OC4CC4)cc3)C2)ccc1Cl. The van der Waals surface area contributed by atoms with E-state index < -0.39 is 9.84 Å². The molecule has 1 aliphatic carbocycles. The normalized spacial score (nSPS) is 19.8. The monoisotopic (exact) mass is 430 g/mol. The van der Waals surface area contributed by atoms with Gasteiger partial charge in [0.1, 0.15) is 11.8 Å². The topological polar surface area (TPSA) is 70.4 Å². The Morgan fingerprint density at radius 2 is 1.90 bits per heavy atom. The average Bonchev–Trinajstić information content (AvgIpc) is 3.41. The van der Waals surface area contributed by atoms with E-state index in [-0.39, 0.29) is 27.2 Å². The number of nitriles is 1. The fraction of sp³-hybridized carbons (Fsp3) is 0.409. The zero-order chi connectivity index (χ0) is 20.4. The van der Waals surface area contributed by atoms with Crippen LogP contribution in [0.1, 0.15) is 30.4 Å². The van der Waals surface area contributed by atoms with Crippen LogP contribution in [0.5, 0.6) is 5.75 Å². The third kappa shape index (κ3) is 5.11. The van der Waals surface area contributed by atoms with Gasteiger partial charge in [-0.3, -0.25) is 4.90 Å². The molecule has 1 saturated heterocycles. The minimum atomic E-state index is -3.45. The lowest BCUT2D eigenvalue weighted by atomic mass is 10.1. The first-order valence-electron chi connectivity index (χ1n) is 9.83. The van der Waals surface area contributed by atoms with E-state index in [9.17, 15) is 8.42 Å². The van der Waals surface area contributed by atoms with E-state index in [0.717, 1.165) is 44.6 Å². The van der Waals surface area contributed by atoms with Gasteiger partial charge in [-0.05, 0) is 67.6 Å². The lowest BCUT2D eigenvalue weighted by molar-refractivity contribution is 0.302. The molecule has 2 aromatic carbocycles. The van der Waals surface area contributed by atoms with Crippen molar-refractivity contribution in [2.24, 2.45) is 5.92 Å². The van der Waals surface area contributed by atoms with Gasteiger partial charge >= 0.3 is 0 Å². The maximum absolute atomic E-state index is 12.8. The molecule has 1 saturated carbocycles. The van der Waals surface area contributed by atoms with Gasteiger partial charge in [0.25, 0.3) is 0 Å². The molecular weight excluding hydrogens is 408 g/mol. The van der Waals surface area contributed by atoms with Gasteiger partial charge < -0.3 is 4.74 Å². The van der Waals surface area contributed by atoms with Crippen LogP contribution in [-0.2, 0) is 16.4 Å². The standard InChI is InChI=1S/C22H23ClN2O3S/c23-22-8-7-21(11-18(22)12-24)29(26,27)15-17-9-10-25(14-17)13-16-1-3-19(4-2-16)28-20-5-6-20/h1-4,7-8,11,17,20H,5-6,9-10,13-15H2/t17-/m1/s1. The minimum Gasteiger partial charge on any atom is -0.490 e. The van der Waals surface area contributed by atoms with Gasteiger partial charge in [-0.1, -0.05) is 23.7 Å². The summed E-state index contributed by atoms with van der Waals surface area (Å²) in [4.78, 5) is 2.46. The Bertz CT molecular complexity index is 1030. The second-order valence-electron chi connectivity index (χ2n) is 7.89. The van der Waals surface area contributed by atoms with Crippen molar-refractivity contribution in [1.29, 1.82) is 5.26 Å². The van der Waals surface area contributed by atoms with Gasteiger partial charge in [0.2, 0.25) is 0 Å². The van der Waals surface area contributed by atoms with Crippen LogP contribution in [0.3, 0.4) is 0 Å². The van der Waals surface area contributed by atoms with Crippen molar-refractivity contribution < 1.29 is 13.2 Å². The molecule has 2 aromatic rings. The molecule has 0 aromatic heterocycles. The summed E-state index contributed by atoms with van der Waals surface area (Å²) < 4.78 is 31.3. The highest BCUT2D eigenvalue weighted by Gasteiger charge is 2.28. The van der Waals surface area contributed by atoms with E-state index >= 15 is 0 Å². The highest BCUT2D eigenvalue weighted by atomic mass is 35.5. The van der Waals surface area contributed by atoms with Gasteiger partial charge in [0.15, 0.2) is 9.84 Å². The van der Waals surface area contributed by atoms with Crippen LogP contribution in [-0.4, -0.2) is 38.3 Å². The van der Waals surface area contributed by atoms with E-state index in [1.165, 1.54) is 23.8 Å². The molecule has 152 valence electrons. The minimum absolute atomic E-state index is 0.0821. The van der Waals surface area contributed by atoms with Crippen molar-refractivity contribution in [3.8, 4) is 11.8 Å². The van der Waals surface area contributed by atoms with E-state index in [1.54, 1.807) is 0 Å². The lowest BCUT2D eigenvalue weighted by Gasteiger charge is -2.16. The van der Waals surface area contributed by atoms with E-state index in [2.05, 4.69) is 17.0 Å². The van der Waals surface area contributed by atoms with Crippen molar-refractivity contribution in [3.05, 3.63) is 58.6 Å². The smallest absolute Gasteiger partial charge is 0.178 e. The number of rotatable bonds is 7. The fourth-order valence-corrected chi connectivity index (χ4v) is 5.51. The van der Waals surface area contributed by atoms with Crippen molar-refractivity contribution in [2.45, 2.75) is 36.8 Å². The lowest BCUT2D eigenvalue weighted by Crippen LogP contribution is -2.23. The summed E-state index contributed by atoms with van der Waals surface area (Å²) in [5.74, 6) is 1.09. The maximum atomic E-state index is 12.8. The molecule has 7 heteroatoms. The molecule has 0 spiro atoms. The molecule has 0 unspecified atom stereocenters. The van der Waals surface area contributed by atoms with Crippen LogP contribution in [0.4, 0.5) is 0 Å². The molecule has 1 heterocycles. The quantitative estimate of drug-likeness (QED) is 0.662. The van der Waals surface area contributed by atoms with Crippen LogP contribution in [0.15, 0.2) is 47.4 Å². The number of hydrogen-bond donors (Lipinski definition) is 0. The summed E-state index contributed by atoms with van der Waals surface area (Å²) in [6, 6.07) is 14.5. The van der Waals surface area contributed by atoms with Crippen molar-refractivity contribution in [1.82, 2.24) is 4.90 Å². The molecule has 1 aliphatic heterocycles. The summed E-state index contributed by atoms with van der Waals surface area (Å²) in [6.45, 7) is 2.43. The van der Waals surface area contributed by atoms with Gasteiger partial charge in [-0.25, -0.2) is 8.42 Å². The molecule has 0 bridgehead atoms. The van der Waals surface area contributed by atoms with Crippen LogP contribution < -0.4 is 4.74 Å². The number of nitrogens with zero attached hydrogens (tertiary/aromatic N) is 2. The number of likely N-dealkylation sites (tertiary alicyclic amines) is 1. The van der Waals surface area contributed by atoms with Crippen LogP contribution in [0.25, 0.3) is 0 Å². The molecular formula is C22H23ClN2O3S. The molecule has 2 aliphatic rings. The number of benzene rings is 2. The van der Waals surface area contributed by atoms with Gasteiger partial charge in [0.05, 0.1) is 27.3 Å². The Kier molecular flexibility index (Phi) is 5.82. The number of hydrogen-bond acceptors (Lipinski definition) is 5. The summed E-state index contributed by atoms with van der Waals surface area (Å²) in [5.41, 5.74) is 1.39. The van der Waals surface area contributed by atoms with Crippen molar-refractivity contribution in [2.75, 3.05) is 18.8 Å². The second kappa shape index (κ2) is 8.35. The molecule has 0 radical (unpaired) electrons. The molecule has 5 nitrogen and oxygen atoms in total. The first-order valence-corrected chi connectivity index (χ1v) is 11.9. The highest BCUT2D eigenvalue weighted by molar-refractivity contribution is 7.91. The van der Waals surface area contributed by atoms with Crippen LogP contribution >= 0.6 is 11.6 Å². The average molecular weight is 431 g/mol. The van der Waals surface area contributed by atoms with Gasteiger partial charge in [-0.2, -0.15) is 5.26 Å². The van der Waals surface area contributed by atoms with E-state index in [0.29, 0.717) is 6.10 Å². The largest absolute Gasteiger partial charge is 0.490 e. The molecule has 0 amide bonds. The third-order valence-corrected chi connectivity index (χ3v) is 7.61. The Morgan fingerprint density at radius 1 is 1.14 bits per heavy atom. The Labute approximate surface area is 176 Å². The number of ether oxygens (including phenoxy) is 1. The van der Waals surface area contributed by atoms with E-state index in [1.807, 2.05) is 18.2 Å². The number of sulfone groups is 1. The first-order chi connectivity index (χ1) is 13.9. The van der Waals surface area contributed by atoms with Crippen LogP contribution in [0.2, 0.25) is 5.02 Å². The zero-order valence-corrected chi connectivity index (χ0v) is 17.6. The van der Waals surface area contributed by atoms with Crippen molar-refractivity contribution in [3.63, 3.8) is 0 Å². The molecule has 1 atom stereocenters. The summed E-state index contributed by atoms with van der Waals surface area (Å²) in [5, 5.41) is 9.36. The highest BCUT2D eigenvalue weighted by Crippen LogP contribution is 2.28. The molecule has 29 heavy (non-hydrogen) atoms. The number of halogens is 1. The van der Waals surface area contributed by atoms with Gasteiger partial charge in [0, 0.05) is 13.1 Å². The Hall–Kier alpha value is -2.07. The fourth-order valence-electron chi connectivity index (χ4n) is 3.69. The molecule has 0 N–H and O–H groups in total. The maximum Gasteiger partial charge on any atom is 0.178 e. The Morgan fingerprint density at radius 3 is 2.59 bits per heavy atom. The third-order valence-electron chi connectivity index (χ3n) is 5.40. The molecule has 2 fully saturated rings. The summed E-state index contributed by atoms with van der Waals surface area (Å²) in [7, 11) is -3.45. The Balaban J connectivity index is 1.34. The zero-order valence-electron chi connectivity index (χ0n) is 16.1. The second-order valence-corrected chi connectivity index (χ2v) is 10.3. The summed E-state index contributed by atoms with van der Waals surface area (Å²) in [6.07, 6.45) is 3.54. The van der Waals surface area contributed by atoms with Crippen LogP contribution in [0, 0.1) is 17.2 Å². The van der Waals surface area contributed by atoms with E-state index in [4.69, 9.17) is 21.6 Å². The summed E-state index contributed by atoms with van der Waals surface area (Å²) >= 11 is 5.92. The predicted octanol–water partition coefficient (Wildman–Crippen LogP) is 4.05. The first kappa shape index (κ1) is 20.2. The predicted molar refractivity (Wildman–Crippen MR) is 112 cm³/mol. The van der Waals surface area contributed by atoms with Crippen molar-refractivity contribution >= 4 is 21.4 Å². The van der Waals surface area contributed by atoms with Gasteiger partial charge in [-0.15, -0.1) is 0 Å². The molecule has 4 rings (SSSR count).